The number of anilines is 1. The van der Waals surface area contributed by atoms with Crippen molar-refractivity contribution in [1.82, 2.24) is 14.8 Å². The maximum absolute atomic E-state index is 12.7. The van der Waals surface area contributed by atoms with Gasteiger partial charge in [0.1, 0.15) is 23.4 Å². The van der Waals surface area contributed by atoms with Crippen LogP contribution in [-0.4, -0.2) is 26.4 Å². The number of nitriles is 1. The van der Waals surface area contributed by atoms with E-state index in [0.717, 1.165) is 30.6 Å². The highest BCUT2D eigenvalue weighted by Gasteiger charge is 2.32. The monoisotopic (exact) mass is 495 g/mol. The Morgan fingerprint density at radius 2 is 2.09 bits per heavy atom. The number of ether oxygens (including phenoxy) is 1. The lowest BCUT2D eigenvalue weighted by Gasteiger charge is -2.33. The van der Waals surface area contributed by atoms with Gasteiger partial charge in [0.25, 0.3) is 0 Å². The molecule has 0 aliphatic heterocycles. The predicted molar refractivity (Wildman–Crippen MR) is 135 cm³/mol. The Hall–Kier alpha value is -2.83. The van der Waals surface area contributed by atoms with Gasteiger partial charge < -0.3 is 14.6 Å². The molecule has 0 saturated carbocycles. The number of nitrogens with zero attached hydrogens (tertiary/aromatic N) is 4. The van der Waals surface area contributed by atoms with Crippen LogP contribution in [0.5, 0.6) is 5.75 Å². The van der Waals surface area contributed by atoms with Gasteiger partial charge in [0.05, 0.1) is 11.3 Å². The van der Waals surface area contributed by atoms with Crippen molar-refractivity contribution in [2.24, 2.45) is 18.4 Å². The molecule has 34 heavy (non-hydrogen) atoms. The van der Waals surface area contributed by atoms with Crippen LogP contribution in [0.4, 0.5) is 5.00 Å². The molecule has 1 aliphatic rings. The molecule has 0 fully saturated rings. The van der Waals surface area contributed by atoms with E-state index in [1.165, 1.54) is 16.6 Å². The van der Waals surface area contributed by atoms with Gasteiger partial charge in [-0.2, -0.15) is 5.26 Å². The second-order valence-corrected chi connectivity index (χ2v) is 11.6. The molecule has 1 amide bonds. The fourth-order valence-corrected chi connectivity index (χ4v) is 6.11. The smallest absolute Gasteiger partial charge is 0.235 e. The van der Waals surface area contributed by atoms with Crippen molar-refractivity contribution in [2.75, 3.05) is 11.1 Å². The summed E-state index contributed by atoms with van der Waals surface area (Å²) >= 11 is 2.87. The van der Waals surface area contributed by atoms with E-state index in [0.29, 0.717) is 34.1 Å². The van der Waals surface area contributed by atoms with Gasteiger partial charge >= 0.3 is 0 Å². The fraction of sp³-hybridized carbons (Fsp3) is 0.440. The number of amides is 1. The summed E-state index contributed by atoms with van der Waals surface area (Å²) in [6, 6.07) is 11.9. The number of rotatable bonds is 7. The van der Waals surface area contributed by atoms with E-state index in [1.54, 1.807) is 11.3 Å². The summed E-state index contributed by atoms with van der Waals surface area (Å²) in [5, 5.41) is 22.4. The number of nitrogens with one attached hydrogen (secondary N) is 1. The predicted octanol–water partition coefficient (Wildman–Crippen LogP) is 5.21. The molecule has 1 aromatic carbocycles. The molecule has 178 valence electrons. The summed E-state index contributed by atoms with van der Waals surface area (Å²) in [4.78, 5) is 13.9. The highest BCUT2D eigenvalue weighted by Crippen LogP contribution is 2.44. The maximum atomic E-state index is 12.7. The van der Waals surface area contributed by atoms with Crippen LogP contribution in [0.2, 0.25) is 0 Å². The molecule has 1 N–H and O–H groups in total. The van der Waals surface area contributed by atoms with Gasteiger partial charge in [-0.1, -0.05) is 50.7 Å². The van der Waals surface area contributed by atoms with Crippen molar-refractivity contribution >= 4 is 34.0 Å². The molecular formula is C25H29N5O2S2. The number of hydrogen-bond donors (Lipinski definition) is 1. The van der Waals surface area contributed by atoms with Gasteiger partial charge in [-0.05, 0) is 48.3 Å². The molecule has 0 saturated heterocycles. The number of thiophene rings is 1. The van der Waals surface area contributed by atoms with Crippen LogP contribution < -0.4 is 10.1 Å². The third-order valence-corrected chi connectivity index (χ3v) is 8.41. The number of para-hydroxylation sites is 1. The zero-order valence-electron chi connectivity index (χ0n) is 19.9. The molecule has 2 aromatic heterocycles. The first kappa shape index (κ1) is 24.3. The molecule has 1 aliphatic carbocycles. The van der Waals surface area contributed by atoms with Crippen molar-refractivity contribution in [2.45, 2.75) is 51.8 Å². The van der Waals surface area contributed by atoms with Crippen LogP contribution in [-0.2, 0) is 31.3 Å². The van der Waals surface area contributed by atoms with E-state index in [4.69, 9.17) is 4.74 Å². The SMILES string of the molecule is Cn1c(COc2ccccc2)nnc1SCC(=O)Nc1sc2c(c1C#N)CC[C@H](C(C)(C)C)C2. The summed E-state index contributed by atoms with van der Waals surface area (Å²) in [6.07, 6.45) is 2.94. The minimum atomic E-state index is -0.155. The van der Waals surface area contributed by atoms with Gasteiger partial charge in [-0.3, -0.25) is 4.79 Å². The lowest BCUT2D eigenvalue weighted by atomic mass is 9.72. The topological polar surface area (TPSA) is 92.8 Å². The number of carbonyl (C=O) groups excluding carboxylic acids is 1. The zero-order chi connectivity index (χ0) is 24.3. The normalized spacial score (nSPS) is 15.4. The Labute approximate surface area is 208 Å². The number of thioether (sulfide) groups is 1. The zero-order valence-corrected chi connectivity index (χ0v) is 21.6. The van der Waals surface area contributed by atoms with E-state index in [9.17, 15) is 10.1 Å². The third kappa shape index (κ3) is 5.45. The number of aromatic nitrogens is 3. The number of carbonyl (C=O) groups is 1. The number of benzene rings is 1. The molecule has 0 spiro atoms. The molecule has 3 aromatic rings. The van der Waals surface area contributed by atoms with Gasteiger partial charge in [0.15, 0.2) is 11.0 Å². The van der Waals surface area contributed by atoms with E-state index in [1.807, 2.05) is 41.9 Å². The van der Waals surface area contributed by atoms with E-state index in [2.05, 4.69) is 42.4 Å². The highest BCUT2D eigenvalue weighted by atomic mass is 32.2. The first-order valence-electron chi connectivity index (χ1n) is 11.3. The summed E-state index contributed by atoms with van der Waals surface area (Å²) in [6.45, 7) is 7.11. The second-order valence-electron chi connectivity index (χ2n) is 9.52. The Kier molecular flexibility index (Phi) is 7.29. The van der Waals surface area contributed by atoms with Crippen LogP contribution >= 0.6 is 23.1 Å². The van der Waals surface area contributed by atoms with Crippen molar-refractivity contribution in [3.8, 4) is 11.8 Å². The maximum Gasteiger partial charge on any atom is 0.235 e. The Balaban J connectivity index is 1.36. The van der Waals surface area contributed by atoms with Gasteiger partial charge in [0, 0.05) is 11.9 Å². The van der Waals surface area contributed by atoms with Gasteiger partial charge in [-0.25, -0.2) is 0 Å². The minimum Gasteiger partial charge on any atom is -0.486 e. The fourth-order valence-electron chi connectivity index (χ4n) is 4.09. The molecule has 0 radical (unpaired) electrons. The van der Waals surface area contributed by atoms with Crippen molar-refractivity contribution in [3.63, 3.8) is 0 Å². The molecule has 2 heterocycles. The highest BCUT2D eigenvalue weighted by molar-refractivity contribution is 7.99. The molecule has 9 heteroatoms. The van der Waals surface area contributed by atoms with E-state index >= 15 is 0 Å². The average Bonchev–Trinajstić information content (AvgIpc) is 3.34. The van der Waals surface area contributed by atoms with Crippen LogP contribution in [0.15, 0.2) is 35.5 Å². The second kappa shape index (κ2) is 10.2. The summed E-state index contributed by atoms with van der Waals surface area (Å²) in [5.74, 6) is 2.05. The number of hydrogen-bond acceptors (Lipinski definition) is 7. The standard InChI is InChI=1S/C25H29N5O2S2/c1-25(2,3)16-10-11-18-19(13-26)23(34-20(18)12-16)27-22(31)15-33-24-29-28-21(30(24)4)14-32-17-8-6-5-7-9-17/h5-9,16H,10-12,14-15H2,1-4H3,(H,27,31)/t16-/m0/s1. The lowest BCUT2D eigenvalue weighted by Crippen LogP contribution is -2.26. The summed E-state index contributed by atoms with van der Waals surface area (Å²) in [7, 11) is 1.86. The van der Waals surface area contributed by atoms with Crippen LogP contribution in [0.1, 0.15) is 49.0 Å². The Bertz CT molecular complexity index is 1200. The molecular weight excluding hydrogens is 466 g/mol. The molecule has 1 atom stereocenters. The van der Waals surface area contributed by atoms with E-state index in [-0.39, 0.29) is 17.1 Å². The quantitative estimate of drug-likeness (QED) is 0.452. The van der Waals surface area contributed by atoms with Crippen molar-refractivity contribution < 1.29 is 9.53 Å². The van der Waals surface area contributed by atoms with Crippen LogP contribution in [0.25, 0.3) is 0 Å². The summed E-state index contributed by atoms with van der Waals surface area (Å²) < 4.78 is 7.57. The van der Waals surface area contributed by atoms with Crippen LogP contribution in [0, 0.1) is 22.7 Å². The van der Waals surface area contributed by atoms with Crippen molar-refractivity contribution in [1.29, 1.82) is 5.26 Å². The van der Waals surface area contributed by atoms with Crippen molar-refractivity contribution in [3.05, 3.63) is 52.2 Å². The Morgan fingerprint density at radius 3 is 2.79 bits per heavy atom. The third-order valence-electron chi connectivity index (χ3n) is 6.22. The van der Waals surface area contributed by atoms with Gasteiger partial charge in [0.2, 0.25) is 5.91 Å². The molecule has 0 unspecified atom stereocenters. The van der Waals surface area contributed by atoms with E-state index < -0.39 is 0 Å². The van der Waals surface area contributed by atoms with Crippen LogP contribution in [0.3, 0.4) is 0 Å². The number of fused-ring (bicyclic) bond motifs is 1. The molecule has 7 nitrogen and oxygen atoms in total. The largest absolute Gasteiger partial charge is 0.486 e. The molecule has 0 bridgehead atoms. The summed E-state index contributed by atoms with van der Waals surface area (Å²) in [5.41, 5.74) is 1.98. The average molecular weight is 496 g/mol. The first-order chi connectivity index (χ1) is 16.3. The Morgan fingerprint density at radius 1 is 1.32 bits per heavy atom. The molecule has 4 rings (SSSR count). The first-order valence-corrected chi connectivity index (χ1v) is 13.1. The van der Waals surface area contributed by atoms with Gasteiger partial charge in [-0.15, -0.1) is 21.5 Å². The minimum absolute atomic E-state index is 0.155. The lowest BCUT2D eigenvalue weighted by molar-refractivity contribution is -0.113.